The van der Waals surface area contributed by atoms with Crippen LogP contribution in [0, 0.1) is 11.7 Å². The average Bonchev–Trinajstić information content (AvgIpc) is 2.34. The van der Waals surface area contributed by atoms with Crippen molar-refractivity contribution in [3.05, 3.63) is 33.0 Å². The molecule has 5 heteroatoms. The molecule has 1 aromatic rings. The van der Waals surface area contributed by atoms with Crippen LogP contribution in [0.1, 0.15) is 23.2 Å². The number of halogens is 3. The van der Waals surface area contributed by atoms with E-state index in [9.17, 15) is 9.18 Å². The van der Waals surface area contributed by atoms with Crippen molar-refractivity contribution in [2.75, 3.05) is 13.2 Å². The van der Waals surface area contributed by atoms with Crippen molar-refractivity contribution in [1.82, 2.24) is 0 Å². The van der Waals surface area contributed by atoms with Gasteiger partial charge in [-0.3, -0.25) is 4.79 Å². The monoisotopic (exact) mass is 320 g/mol. The van der Waals surface area contributed by atoms with E-state index in [0.29, 0.717) is 22.7 Å². The van der Waals surface area contributed by atoms with Crippen LogP contribution in [0.4, 0.5) is 4.39 Å². The normalized spacial score (nSPS) is 20.3. The van der Waals surface area contributed by atoms with Crippen LogP contribution >= 0.6 is 27.5 Å². The molecule has 0 amide bonds. The molecule has 1 heterocycles. The highest BCUT2D eigenvalue weighted by atomic mass is 79.9. The van der Waals surface area contributed by atoms with Gasteiger partial charge in [0.15, 0.2) is 5.78 Å². The Labute approximate surface area is 112 Å². The number of ketones is 1. The molecule has 0 spiro atoms. The molecule has 92 valence electrons. The number of carbonyl (C=O) groups excluding carboxylic acids is 1. The Balaban J connectivity index is 2.26. The van der Waals surface area contributed by atoms with Crippen LogP contribution in [0.5, 0.6) is 0 Å². The average molecular weight is 322 g/mol. The third-order valence-corrected chi connectivity index (χ3v) is 4.00. The number of carbonyl (C=O) groups is 1. The fourth-order valence-corrected chi connectivity index (χ4v) is 2.36. The van der Waals surface area contributed by atoms with Gasteiger partial charge in [-0.2, -0.15) is 0 Å². The standard InChI is InChI=1S/C12H11BrClFO2/c13-9-5-11(15)8(4-10(9)14)12(16)7-2-1-3-17-6-7/h4-5,7H,1-3,6H2. The quantitative estimate of drug-likeness (QED) is 0.611. The van der Waals surface area contributed by atoms with Crippen molar-refractivity contribution in [2.24, 2.45) is 5.92 Å². The lowest BCUT2D eigenvalue weighted by Gasteiger charge is -2.21. The molecule has 0 bridgehead atoms. The molecule has 0 N–H and O–H groups in total. The Hall–Kier alpha value is -0.450. The highest BCUT2D eigenvalue weighted by Gasteiger charge is 2.25. The fraction of sp³-hybridized carbons (Fsp3) is 0.417. The minimum absolute atomic E-state index is 0.0497. The van der Waals surface area contributed by atoms with Gasteiger partial charge in [-0.05, 0) is 40.9 Å². The predicted octanol–water partition coefficient (Wildman–Crippen LogP) is 3.85. The maximum atomic E-state index is 13.7. The third-order valence-electron chi connectivity index (χ3n) is 2.81. The lowest BCUT2D eigenvalue weighted by molar-refractivity contribution is 0.0459. The van der Waals surface area contributed by atoms with Crippen molar-refractivity contribution >= 4 is 33.3 Å². The van der Waals surface area contributed by atoms with Gasteiger partial charge in [-0.25, -0.2) is 4.39 Å². The molecule has 17 heavy (non-hydrogen) atoms. The number of hydrogen-bond acceptors (Lipinski definition) is 2. The number of benzene rings is 1. The number of Topliss-reactive ketones (excluding diaryl/α,β-unsaturated/α-hetero) is 1. The predicted molar refractivity (Wildman–Crippen MR) is 67.0 cm³/mol. The van der Waals surface area contributed by atoms with Crippen LogP contribution < -0.4 is 0 Å². The van der Waals surface area contributed by atoms with Crippen LogP contribution in [-0.2, 0) is 4.74 Å². The zero-order valence-electron chi connectivity index (χ0n) is 9.01. The largest absolute Gasteiger partial charge is 0.381 e. The second kappa shape index (κ2) is 5.46. The Kier molecular flexibility index (Phi) is 4.17. The first kappa shape index (κ1) is 13.0. The van der Waals surface area contributed by atoms with Gasteiger partial charge in [0.05, 0.1) is 17.2 Å². The summed E-state index contributed by atoms with van der Waals surface area (Å²) in [7, 11) is 0. The summed E-state index contributed by atoms with van der Waals surface area (Å²) in [6, 6.07) is 2.59. The summed E-state index contributed by atoms with van der Waals surface area (Å²) in [6.07, 6.45) is 1.58. The zero-order valence-corrected chi connectivity index (χ0v) is 11.4. The molecular weight excluding hydrogens is 310 g/mol. The van der Waals surface area contributed by atoms with E-state index >= 15 is 0 Å². The first-order valence-corrected chi connectivity index (χ1v) is 6.53. The first-order chi connectivity index (χ1) is 8.09. The van der Waals surface area contributed by atoms with Gasteiger partial charge >= 0.3 is 0 Å². The molecular formula is C12H11BrClFO2. The second-order valence-electron chi connectivity index (χ2n) is 4.02. The van der Waals surface area contributed by atoms with E-state index in [1.807, 2.05) is 0 Å². The van der Waals surface area contributed by atoms with Crippen molar-refractivity contribution in [2.45, 2.75) is 12.8 Å². The van der Waals surface area contributed by atoms with Gasteiger partial charge in [0.2, 0.25) is 0 Å². The highest BCUT2D eigenvalue weighted by molar-refractivity contribution is 9.10. The van der Waals surface area contributed by atoms with E-state index in [-0.39, 0.29) is 17.3 Å². The Bertz CT molecular complexity index is 444. The molecule has 0 aliphatic carbocycles. The molecule has 1 aliphatic rings. The molecule has 1 unspecified atom stereocenters. The van der Waals surface area contributed by atoms with E-state index in [0.717, 1.165) is 12.8 Å². The van der Waals surface area contributed by atoms with Crippen LogP contribution in [-0.4, -0.2) is 19.0 Å². The van der Waals surface area contributed by atoms with Gasteiger partial charge in [0.1, 0.15) is 5.82 Å². The summed E-state index contributed by atoms with van der Waals surface area (Å²) in [5.41, 5.74) is 0.0497. The van der Waals surface area contributed by atoms with Crippen molar-refractivity contribution in [1.29, 1.82) is 0 Å². The van der Waals surface area contributed by atoms with E-state index in [1.54, 1.807) is 0 Å². The van der Waals surface area contributed by atoms with Crippen molar-refractivity contribution in [3.8, 4) is 0 Å². The van der Waals surface area contributed by atoms with Crippen molar-refractivity contribution < 1.29 is 13.9 Å². The molecule has 0 radical (unpaired) electrons. The Morgan fingerprint density at radius 2 is 2.29 bits per heavy atom. The van der Waals surface area contributed by atoms with E-state index < -0.39 is 5.82 Å². The summed E-state index contributed by atoms with van der Waals surface area (Å²) in [5.74, 6) is -1.02. The SMILES string of the molecule is O=C(c1cc(Cl)c(Br)cc1F)C1CCCOC1. The summed E-state index contributed by atoms with van der Waals surface area (Å²) in [6.45, 7) is 1.04. The molecule has 1 fully saturated rings. The molecule has 2 rings (SSSR count). The zero-order chi connectivity index (χ0) is 12.4. The van der Waals surface area contributed by atoms with E-state index in [4.69, 9.17) is 16.3 Å². The maximum absolute atomic E-state index is 13.7. The second-order valence-corrected chi connectivity index (χ2v) is 5.29. The minimum atomic E-state index is -0.545. The number of ether oxygens (including phenoxy) is 1. The topological polar surface area (TPSA) is 26.3 Å². The van der Waals surface area contributed by atoms with E-state index in [1.165, 1.54) is 12.1 Å². The van der Waals surface area contributed by atoms with Gasteiger partial charge in [-0.1, -0.05) is 11.6 Å². The molecule has 1 saturated heterocycles. The molecule has 1 aromatic carbocycles. The fourth-order valence-electron chi connectivity index (χ4n) is 1.88. The smallest absolute Gasteiger partial charge is 0.171 e. The van der Waals surface area contributed by atoms with Crippen LogP contribution in [0.25, 0.3) is 0 Å². The minimum Gasteiger partial charge on any atom is -0.381 e. The molecule has 1 atom stereocenters. The lowest BCUT2D eigenvalue weighted by atomic mass is 9.92. The van der Waals surface area contributed by atoms with Crippen LogP contribution in [0.15, 0.2) is 16.6 Å². The van der Waals surface area contributed by atoms with E-state index in [2.05, 4.69) is 15.9 Å². The summed E-state index contributed by atoms with van der Waals surface area (Å²) in [5, 5.41) is 0.339. The van der Waals surface area contributed by atoms with Gasteiger partial charge in [0.25, 0.3) is 0 Å². The van der Waals surface area contributed by atoms with Crippen LogP contribution in [0.2, 0.25) is 5.02 Å². The lowest BCUT2D eigenvalue weighted by Crippen LogP contribution is -2.26. The summed E-state index contributed by atoms with van der Waals surface area (Å²) < 4.78 is 19.4. The molecule has 0 aromatic heterocycles. The first-order valence-electron chi connectivity index (χ1n) is 5.36. The summed E-state index contributed by atoms with van der Waals surface area (Å²) >= 11 is 8.99. The molecule has 0 saturated carbocycles. The van der Waals surface area contributed by atoms with Gasteiger partial charge < -0.3 is 4.74 Å². The maximum Gasteiger partial charge on any atom is 0.171 e. The summed E-state index contributed by atoms with van der Waals surface area (Å²) in [4.78, 5) is 12.1. The van der Waals surface area contributed by atoms with Crippen LogP contribution in [0.3, 0.4) is 0 Å². The number of rotatable bonds is 2. The number of hydrogen-bond donors (Lipinski definition) is 0. The van der Waals surface area contributed by atoms with Gasteiger partial charge in [-0.15, -0.1) is 0 Å². The third kappa shape index (κ3) is 2.87. The Morgan fingerprint density at radius 1 is 1.53 bits per heavy atom. The molecule has 1 aliphatic heterocycles. The van der Waals surface area contributed by atoms with Crippen molar-refractivity contribution in [3.63, 3.8) is 0 Å². The van der Waals surface area contributed by atoms with Gasteiger partial charge in [0, 0.05) is 17.0 Å². The highest BCUT2D eigenvalue weighted by Crippen LogP contribution is 2.28. The Morgan fingerprint density at radius 3 is 2.94 bits per heavy atom. The molecule has 2 nitrogen and oxygen atoms in total.